The third kappa shape index (κ3) is 5.06. The number of amides is 1. The molecule has 1 amide bonds. The van der Waals surface area contributed by atoms with E-state index < -0.39 is 0 Å². The molecule has 1 radical (unpaired) electrons. The fraction of sp³-hybridized carbons (Fsp3) is 0.500. The van der Waals surface area contributed by atoms with Crippen LogP contribution in [0.4, 0.5) is 5.69 Å². The molecule has 1 saturated heterocycles. The van der Waals surface area contributed by atoms with Crippen molar-refractivity contribution in [3.8, 4) is 0 Å². The molecule has 30 heavy (non-hydrogen) atoms. The Bertz CT molecular complexity index is 804. The molecule has 0 bridgehead atoms. The summed E-state index contributed by atoms with van der Waals surface area (Å²) in [6.07, 6.45) is 5.84. The molecule has 1 saturated carbocycles. The molecule has 2 aromatic rings. The monoisotopic (exact) mass is 482 g/mol. The molecule has 159 valence electrons. The van der Waals surface area contributed by atoms with Gasteiger partial charge in [-0.2, -0.15) is 0 Å². The first-order valence-corrected chi connectivity index (χ1v) is 11.2. The number of rotatable bonds is 4. The van der Waals surface area contributed by atoms with Gasteiger partial charge in [-0.3, -0.25) is 4.79 Å². The first kappa shape index (κ1) is 25.2. The smallest absolute Gasteiger partial charge is 0.285 e. The number of benzene rings is 2. The number of quaternary nitrogens is 1. The van der Waals surface area contributed by atoms with E-state index >= 15 is 0 Å². The minimum absolute atomic E-state index is 0. The number of likely N-dealkylation sites (N-methyl/N-ethyl adjacent to an activating group) is 1. The van der Waals surface area contributed by atoms with E-state index in [4.69, 9.17) is 0 Å². The van der Waals surface area contributed by atoms with Crippen LogP contribution in [0, 0.1) is 20.8 Å². The second-order valence-electron chi connectivity index (χ2n) is 8.88. The topological polar surface area (TPSA) is 29.1 Å². The van der Waals surface area contributed by atoms with Crippen molar-refractivity contribution < 1.29 is 42.0 Å². The van der Waals surface area contributed by atoms with Gasteiger partial charge in [0.05, 0.1) is 19.6 Å². The molecule has 1 heterocycles. The maximum absolute atomic E-state index is 13.2. The largest absolute Gasteiger partial charge is 0.320 e. The van der Waals surface area contributed by atoms with Crippen LogP contribution in [-0.2, 0) is 37.5 Å². The Kier molecular flexibility index (Phi) is 9.27. The average Bonchev–Trinajstić information content (AvgIpc) is 3.15. The van der Waals surface area contributed by atoms with Gasteiger partial charge in [0.25, 0.3) is 5.91 Å². The molecule has 1 aliphatic heterocycles. The molecule has 2 aromatic carbocycles. The van der Waals surface area contributed by atoms with E-state index in [9.17, 15) is 4.79 Å². The zero-order valence-corrected chi connectivity index (χ0v) is 22.0. The second-order valence-corrected chi connectivity index (χ2v) is 8.88. The number of carbonyl (C=O) groups excluding carboxylic acids is 1. The van der Waals surface area contributed by atoms with E-state index in [1.165, 1.54) is 37.9 Å². The Morgan fingerprint density at radius 1 is 0.900 bits per heavy atom. The van der Waals surface area contributed by atoms with E-state index in [1.54, 1.807) is 0 Å². The quantitative estimate of drug-likeness (QED) is 0.550. The van der Waals surface area contributed by atoms with Crippen molar-refractivity contribution >= 4 is 11.6 Å². The van der Waals surface area contributed by atoms with Crippen LogP contribution >= 0.6 is 0 Å². The molecule has 1 aliphatic carbocycles. The normalized spacial score (nSPS) is 18.3. The fourth-order valence-electron chi connectivity index (χ4n) is 5.19. The van der Waals surface area contributed by atoms with Gasteiger partial charge in [-0.1, -0.05) is 54.1 Å². The van der Waals surface area contributed by atoms with Crippen LogP contribution in [-0.4, -0.2) is 35.6 Å². The van der Waals surface area contributed by atoms with Gasteiger partial charge in [0, 0.05) is 64.1 Å². The minimum atomic E-state index is -0.167. The Morgan fingerprint density at radius 3 is 1.87 bits per heavy atom. The molecule has 0 spiro atoms. The van der Waals surface area contributed by atoms with Crippen molar-refractivity contribution in [2.24, 2.45) is 0 Å². The predicted octanol–water partition coefficient (Wildman–Crippen LogP) is 5.79. The zero-order valence-electron chi connectivity index (χ0n) is 19.2. The molecule has 0 aromatic heterocycles. The Morgan fingerprint density at radius 2 is 1.47 bits per heavy atom. The summed E-state index contributed by atoms with van der Waals surface area (Å²) in [4.78, 5) is 13.2. The molecule has 0 unspecified atom stereocenters. The van der Waals surface area contributed by atoms with Crippen LogP contribution in [0.3, 0.4) is 0 Å². The number of nitrogens with zero attached hydrogens (tertiary/aromatic N) is 1. The standard InChI is InChI=1S/C19H28N2O.C7H8.Y/c1-4-21(13-5-6-14-21)19(11-8-12-19)18(22)20-17-15(2)9-7-10-16(17)3;1-7-5-3-2-4-6-7;/h7,9-10H,4-6,8,11-14H2,1-3H3;2-6H,1H3;/p+1. The van der Waals surface area contributed by atoms with Crippen molar-refractivity contribution in [2.75, 3.05) is 25.0 Å². The number of carbonyl (C=O) groups is 1. The van der Waals surface area contributed by atoms with Crippen LogP contribution < -0.4 is 5.32 Å². The number of hydrogen-bond acceptors (Lipinski definition) is 1. The number of likely N-dealkylation sites (tertiary alicyclic amines) is 1. The van der Waals surface area contributed by atoms with E-state index in [2.05, 4.69) is 63.3 Å². The van der Waals surface area contributed by atoms with Gasteiger partial charge < -0.3 is 9.80 Å². The number of hydrogen-bond donors (Lipinski definition) is 1. The Hall–Kier alpha value is -1.03. The van der Waals surface area contributed by atoms with E-state index in [-0.39, 0.29) is 44.2 Å². The maximum Gasteiger partial charge on any atom is 0.285 e. The van der Waals surface area contributed by atoms with E-state index in [0.29, 0.717) is 0 Å². The van der Waals surface area contributed by atoms with Crippen LogP contribution in [0.5, 0.6) is 0 Å². The Balaban J connectivity index is 0.000000341. The van der Waals surface area contributed by atoms with Gasteiger partial charge in [-0.15, -0.1) is 0 Å². The number of para-hydroxylation sites is 1. The molecular formula is C26H37N2OY+. The van der Waals surface area contributed by atoms with Crippen molar-refractivity contribution in [3.63, 3.8) is 0 Å². The number of aryl methyl sites for hydroxylation is 3. The average molecular weight is 483 g/mol. The summed E-state index contributed by atoms with van der Waals surface area (Å²) in [6, 6.07) is 16.5. The van der Waals surface area contributed by atoms with E-state index in [1.807, 2.05) is 18.2 Å². The van der Waals surface area contributed by atoms with Crippen molar-refractivity contribution in [1.82, 2.24) is 0 Å². The molecule has 1 N–H and O–H groups in total. The van der Waals surface area contributed by atoms with Crippen LogP contribution in [0.15, 0.2) is 48.5 Å². The SMILES string of the molecule is CC[N+]1(C2(C(=O)Nc3c(C)cccc3C)CCC2)CCCC1.Cc1ccccc1.[Y]. The number of nitrogens with one attached hydrogen (secondary N) is 1. The fourth-order valence-corrected chi connectivity index (χ4v) is 5.19. The third-order valence-electron chi connectivity index (χ3n) is 7.20. The maximum atomic E-state index is 13.2. The molecule has 4 heteroatoms. The van der Waals surface area contributed by atoms with Crippen molar-refractivity contribution in [2.45, 2.75) is 65.3 Å². The van der Waals surface area contributed by atoms with Crippen molar-refractivity contribution in [1.29, 1.82) is 0 Å². The second kappa shape index (κ2) is 11.0. The van der Waals surface area contributed by atoms with Gasteiger partial charge in [0.1, 0.15) is 0 Å². The summed E-state index contributed by atoms with van der Waals surface area (Å²) in [6.45, 7) is 11.9. The summed E-state index contributed by atoms with van der Waals surface area (Å²) >= 11 is 0. The minimum Gasteiger partial charge on any atom is -0.320 e. The van der Waals surface area contributed by atoms with Crippen molar-refractivity contribution in [3.05, 3.63) is 65.2 Å². The van der Waals surface area contributed by atoms with Gasteiger partial charge >= 0.3 is 0 Å². The van der Waals surface area contributed by atoms with Crippen LogP contribution in [0.25, 0.3) is 0 Å². The third-order valence-corrected chi connectivity index (χ3v) is 7.20. The van der Waals surface area contributed by atoms with Crippen LogP contribution in [0.1, 0.15) is 55.7 Å². The van der Waals surface area contributed by atoms with Gasteiger partial charge in [0.15, 0.2) is 5.54 Å². The Labute approximate surface area is 208 Å². The first-order chi connectivity index (χ1) is 13.9. The molecule has 4 rings (SSSR count). The van der Waals surface area contributed by atoms with Crippen LogP contribution in [0.2, 0.25) is 0 Å². The summed E-state index contributed by atoms with van der Waals surface area (Å²) in [5, 5.41) is 3.30. The molecule has 3 nitrogen and oxygen atoms in total. The van der Waals surface area contributed by atoms with Gasteiger partial charge in [0.2, 0.25) is 0 Å². The molecular weight excluding hydrogens is 445 g/mol. The summed E-state index contributed by atoms with van der Waals surface area (Å²) in [5.41, 5.74) is 4.49. The molecule has 2 fully saturated rings. The predicted molar refractivity (Wildman–Crippen MR) is 122 cm³/mol. The summed E-state index contributed by atoms with van der Waals surface area (Å²) in [7, 11) is 0. The first-order valence-electron chi connectivity index (χ1n) is 11.2. The number of anilines is 1. The van der Waals surface area contributed by atoms with Gasteiger partial charge in [-0.25, -0.2) is 0 Å². The molecule has 2 aliphatic rings. The van der Waals surface area contributed by atoms with E-state index in [0.717, 1.165) is 40.7 Å². The van der Waals surface area contributed by atoms with Gasteiger partial charge in [-0.05, 0) is 45.2 Å². The summed E-state index contributed by atoms with van der Waals surface area (Å²) in [5.74, 6) is 0.264. The zero-order chi connectivity index (χ0) is 20.9. The summed E-state index contributed by atoms with van der Waals surface area (Å²) < 4.78 is 1.02. The molecule has 0 atom stereocenters.